The minimum absolute atomic E-state index is 0.197. The van der Waals surface area contributed by atoms with Crippen molar-refractivity contribution in [3.63, 3.8) is 0 Å². The number of hydrogen-bond acceptors (Lipinski definition) is 12. The highest BCUT2D eigenvalue weighted by Crippen LogP contribution is 2.40. The number of fused-ring (bicyclic) bond motifs is 2. The van der Waals surface area contributed by atoms with Crippen molar-refractivity contribution in [2.75, 3.05) is 27.3 Å². The van der Waals surface area contributed by atoms with E-state index in [0.717, 1.165) is 37.1 Å². The molecule has 4 aromatic heterocycles. The van der Waals surface area contributed by atoms with Gasteiger partial charge in [0.1, 0.15) is 24.6 Å². The fourth-order valence-corrected chi connectivity index (χ4v) is 6.71. The molecule has 256 valence electrons. The van der Waals surface area contributed by atoms with E-state index in [4.69, 9.17) is 19.7 Å². The van der Waals surface area contributed by atoms with Crippen LogP contribution >= 0.6 is 22.7 Å². The first kappa shape index (κ1) is 35.1. The van der Waals surface area contributed by atoms with Crippen LogP contribution in [0.3, 0.4) is 0 Å². The second kappa shape index (κ2) is 15.3. The van der Waals surface area contributed by atoms with Gasteiger partial charge in [0.2, 0.25) is 0 Å². The van der Waals surface area contributed by atoms with Gasteiger partial charge < -0.3 is 40.5 Å². The Morgan fingerprint density at radius 1 is 0.680 bits per heavy atom. The molecule has 0 saturated heterocycles. The highest BCUT2D eigenvalue weighted by molar-refractivity contribution is 7.22. The first-order valence-corrected chi connectivity index (χ1v) is 16.1. The maximum absolute atomic E-state index is 12.0. The molecule has 2 amide bonds. The van der Waals surface area contributed by atoms with Gasteiger partial charge in [-0.05, 0) is 71.8 Å². The predicted molar refractivity (Wildman–Crippen MR) is 186 cm³/mol. The van der Waals surface area contributed by atoms with Gasteiger partial charge in [-0.2, -0.15) is 0 Å². The molecule has 6 N–H and O–H groups in total. The Morgan fingerprint density at radius 3 is 1.66 bits per heavy atom. The number of pyridine rings is 2. The number of thiophene rings is 2. The monoisotopic (exact) mass is 716 g/mol. The first-order chi connectivity index (χ1) is 24.0. The summed E-state index contributed by atoms with van der Waals surface area (Å²) in [5, 5.41) is 43.5. The number of methoxy groups -OCH3 is 2. The van der Waals surface area contributed by atoms with Crippen LogP contribution in [0.1, 0.15) is 21.0 Å². The average molecular weight is 717 g/mol. The van der Waals surface area contributed by atoms with Crippen LogP contribution in [0.4, 0.5) is 0 Å². The molecule has 16 heteroatoms. The van der Waals surface area contributed by atoms with Crippen molar-refractivity contribution in [2.45, 2.75) is 0 Å². The Morgan fingerprint density at radius 2 is 1.16 bits per heavy atom. The Labute approximate surface area is 291 Å². The van der Waals surface area contributed by atoms with Gasteiger partial charge in [0, 0.05) is 32.9 Å². The van der Waals surface area contributed by atoms with Crippen LogP contribution in [0.2, 0.25) is 0 Å². The molecule has 0 bridgehead atoms. The number of ether oxygens (including phenoxy) is 2. The lowest BCUT2D eigenvalue weighted by Gasteiger charge is -2.04. The summed E-state index contributed by atoms with van der Waals surface area (Å²) in [5.41, 5.74) is 1.49. The summed E-state index contributed by atoms with van der Waals surface area (Å²) in [6, 6.07) is 18.6. The summed E-state index contributed by atoms with van der Waals surface area (Å²) in [7, 11) is 3.18. The van der Waals surface area contributed by atoms with Crippen LogP contribution in [-0.4, -0.2) is 81.5 Å². The Kier molecular flexibility index (Phi) is 10.7. The number of carboxylic acid groups (broad SMARTS) is 2. The van der Waals surface area contributed by atoms with E-state index in [9.17, 15) is 29.4 Å². The maximum atomic E-state index is 12.0. The summed E-state index contributed by atoms with van der Waals surface area (Å²) in [5.74, 6) is -2.86. The van der Waals surface area contributed by atoms with Gasteiger partial charge in [0.15, 0.2) is 22.9 Å². The maximum Gasteiger partial charge on any atom is 0.322 e. The number of nitrogens with zero attached hydrogens (tertiary/aromatic N) is 2. The molecule has 2 aromatic carbocycles. The number of carbonyl (C=O) groups is 4. The predicted octanol–water partition coefficient (Wildman–Crippen LogP) is 4.98. The molecule has 4 heterocycles. The zero-order valence-electron chi connectivity index (χ0n) is 26.3. The largest absolute Gasteiger partial charge is 0.505 e. The summed E-state index contributed by atoms with van der Waals surface area (Å²) < 4.78 is 11.5. The van der Waals surface area contributed by atoms with Crippen LogP contribution in [0, 0.1) is 0 Å². The number of aliphatic carboxylic acids is 2. The fourth-order valence-electron chi connectivity index (χ4n) is 4.59. The number of aromatic nitrogens is 2. The van der Waals surface area contributed by atoms with Gasteiger partial charge in [-0.25, -0.2) is 9.97 Å². The zero-order chi connectivity index (χ0) is 35.9. The standard InChI is InChI=1S/2C17H14N2O5S/c1-24-11-4-2-9(3-5-11)12-6-10-7-18-14(15(22)16(10)25-12)17(23)19-8-13(20)21;1-24-10-4-2-9(3-5-10)12-6-11-13(25-12)7-18-15(16(11)22)17(23)19-8-14(20)21/h2*2-7,22H,8H2,1H3,(H,19,23)(H,20,21). The lowest BCUT2D eigenvalue weighted by atomic mass is 10.1. The van der Waals surface area contributed by atoms with Gasteiger partial charge in [-0.1, -0.05) is 0 Å². The molecule has 6 aromatic rings. The molecule has 6 rings (SSSR count). The van der Waals surface area contributed by atoms with Gasteiger partial charge in [-0.3, -0.25) is 19.2 Å². The van der Waals surface area contributed by atoms with Crippen LogP contribution in [0.25, 0.3) is 41.1 Å². The second-order valence-corrected chi connectivity index (χ2v) is 12.4. The van der Waals surface area contributed by atoms with Gasteiger partial charge >= 0.3 is 11.9 Å². The molecular weight excluding hydrogens is 689 g/mol. The number of nitrogens with one attached hydrogen (secondary N) is 2. The fraction of sp³-hybridized carbons (Fsp3) is 0.118. The molecule has 0 aliphatic carbocycles. The Bertz CT molecular complexity index is 2060. The van der Waals surface area contributed by atoms with E-state index in [0.29, 0.717) is 15.5 Å². The third-order valence-corrected chi connectivity index (χ3v) is 9.39. The highest BCUT2D eigenvalue weighted by atomic mass is 32.1. The molecule has 0 spiro atoms. The minimum atomic E-state index is -1.17. The smallest absolute Gasteiger partial charge is 0.322 e. The average Bonchev–Trinajstić information content (AvgIpc) is 3.76. The normalized spacial score (nSPS) is 10.6. The molecule has 0 aliphatic heterocycles. The van der Waals surface area contributed by atoms with Crippen molar-refractivity contribution in [3.05, 3.63) is 84.4 Å². The molecule has 50 heavy (non-hydrogen) atoms. The van der Waals surface area contributed by atoms with E-state index < -0.39 is 36.8 Å². The molecule has 0 unspecified atom stereocenters. The van der Waals surface area contributed by atoms with Crippen molar-refractivity contribution in [1.82, 2.24) is 20.6 Å². The molecule has 0 atom stereocenters. The Hall–Kier alpha value is -6.26. The van der Waals surface area contributed by atoms with Crippen LogP contribution < -0.4 is 20.1 Å². The number of amides is 2. The number of aromatic hydroxyl groups is 2. The second-order valence-electron chi connectivity index (χ2n) is 10.3. The third kappa shape index (κ3) is 7.88. The topological polar surface area (TPSA) is 217 Å². The molecule has 14 nitrogen and oxygen atoms in total. The van der Waals surface area contributed by atoms with Crippen molar-refractivity contribution >= 4 is 66.6 Å². The van der Waals surface area contributed by atoms with Crippen molar-refractivity contribution in [1.29, 1.82) is 0 Å². The van der Waals surface area contributed by atoms with Gasteiger partial charge in [-0.15, -0.1) is 22.7 Å². The molecule has 0 fully saturated rings. The van der Waals surface area contributed by atoms with Crippen molar-refractivity contribution in [2.24, 2.45) is 0 Å². The molecule has 0 aliphatic rings. The summed E-state index contributed by atoms with van der Waals surface area (Å²) in [4.78, 5) is 54.7. The summed E-state index contributed by atoms with van der Waals surface area (Å²) >= 11 is 2.75. The lowest BCUT2D eigenvalue weighted by Crippen LogP contribution is -2.29. The van der Waals surface area contributed by atoms with Gasteiger partial charge in [0.25, 0.3) is 11.8 Å². The third-order valence-electron chi connectivity index (χ3n) is 7.06. The van der Waals surface area contributed by atoms with Crippen molar-refractivity contribution < 1.29 is 49.1 Å². The van der Waals surface area contributed by atoms with Crippen molar-refractivity contribution in [3.8, 4) is 43.9 Å². The Balaban J connectivity index is 0.000000194. The van der Waals surface area contributed by atoms with E-state index in [-0.39, 0.29) is 22.9 Å². The molecule has 0 radical (unpaired) electrons. The first-order valence-electron chi connectivity index (χ1n) is 14.5. The van der Waals surface area contributed by atoms with E-state index in [1.807, 2.05) is 54.6 Å². The number of rotatable bonds is 10. The minimum Gasteiger partial charge on any atom is -0.505 e. The molecule has 0 saturated carbocycles. The SMILES string of the molecule is COc1ccc(-c2cc3c(O)c(C(=O)NCC(=O)O)ncc3s2)cc1.COc1ccc(-c2cc3cnc(C(=O)NCC(=O)O)c(O)c3s2)cc1. The van der Waals surface area contributed by atoms with E-state index in [2.05, 4.69) is 20.6 Å². The number of carboxylic acids is 2. The van der Waals surface area contributed by atoms with E-state index >= 15 is 0 Å². The van der Waals surface area contributed by atoms with Crippen LogP contribution in [0.5, 0.6) is 23.0 Å². The van der Waals surface area contributed by atoms with E-state index in [1.165, 1.54) is 35.1 Å². The number of carbonyl (C=O) groups excluding carboxylic acids is 2. The van der Waals surface area contributed by atoms with Crippen LogP contribution in [-0.2, 0) is 9.59 Å². The quantitative estimate of drug-likeness (QED) is 0.111. The lowest BCUT2D eigenvalue weighted by molar-refractivity contribution is -0.136. The number of hydrogen-bond donors (Lipinski definition) is 6. The zero-order valence-corrected chi connectivity index (χ0v) is 27.9. The van der Waals surface area contributed by atoms with Crippen LogP contribution in [0.15, 0.2) is 73.1 Å². The van der Waals surface area contributed by atoms with E-state index in [1.54, 1.807) is 20.3 Å². The highest BCUT2D eigenvalue weighted by Gasteiger charge is 2.20. The summed E-state index contributed by atoms with van der Waals surface area (Å²) in [6.45, 7) is -1.09. The summed E-state index contributed by atoms with van der Waals surface area (Å²) in [6.07, 6.45) is 2.97. The van der Waals surface area contributed by atoms with Gasteiger partial charge in [0.05, 0.1) is 23.6 Å². The molecular formula is C34H28N4O10S2. The number of benzene rings is 2.